The molecule has 2 aliphatic rings. The normalized spacial score (nSPS) is 20.9. The number of fused-ring (bicyclic) bond motifs is 1. The number of carbonyl (C=O) groups is 2. The third-order valence-electron chi connectivity index (χ3n) is 2.41. The minimum Gasteiger partial charge on any atom is -0.369 e. The Morgan fingerprint density at radius 1 is 1.00 bits per heavy atom. The molecule has 0 N–H and O–H groups in total. The van der Waals surface area contributed by atoms with E-state index in [1.54, 1.807) is 12.1 Å². The van der Waals surface area contributed by atoms with E-state index >= 15 is 0 Å². The van der Waals surface area contributed by atoms with E-state index in [0.29, 0.717) is 0 Å². The Morgan fingerprint density at radius 3 is 2.24 bits per heavy atom. The lowest BCUT2D eigenvalue weighted by Crippen LogP contribution is -2.19. The van der Waals surface area contributed by atoms with Gasteiger partial charge >= 0.3 is 9.15 Å². The summed E-state index contributed by atoms with van der Waals surface area (Å²) in [7, 11) is -3.63. The minimum absolute atomic E-state index is 0.145. The van der Waals surface area contributed by atoms with Crippen LogP contribution < -0.4 is 0 Å². The second kappa shape index (κ2) is 3.21. The molecule has 1 aliphatic carbocycles. The highest BCUT2D eigenvalue weighted by Gasteiger charge is 2.43. The predicted molar refractivity (Wildman–Crippen MR) is 59.7 cm³/mol. The molecule has 0 spiro atoms. The van der Waals surface area contributed by atoms with Crippen LogP contribution in [0, 0.1) is 0 Å². The fourth-order valence-electron chi connectivity index (χ4n) is 1.70. The number of ketones is 2. The van der Waals surface area contributed by atoms with E-state index in [1.807, 2.05) is 0 Å². The van der Waals surface area contributed by atoms with Gasteiger partial charge in [-0.1, -0.05) is 24.3 Å². The molecule has 0 amide bonds. The van der Waals surface area contributed by atoms with Crippen molar-refractivity contribution >= 4 is 31.5 Å². The lowest BCUT2D eigenvalue weighted by Gasteiger charge is -2.12. The van der Waals surface area contributed by atoms with Gasteiger partial charge in [0.25, 0.3) is 0 Å². The van der Waals surface area contributed by atoms with Gasteiger partial charge in [-0.2, -0.15) is 8.42 Å². The van der Waals surface area contributed by atoms with Gasteiger partial charge in [-0.05, 0) is 0 Å². The maximum absolute atomic E-state index is 12.0. The highest BCUT2D eigenvalue weighted by atomic mass is 33.2. The highest BCUT2D eigenvalue weighted by molar-refractivity contribution is 8.72. The van der Waals surface area contributed by atoms with Crippen molar-refractivity contribution in [1.29, 1.82) is 0 Å². The fourth-order valence-corrected chi connectivity index (χ4v) is 4.12. The molecule has 0 fully saturated rings. The largest absolute Gasteiger partial charge is 0.371 e. The standard InChI is InChI=1S/C10H4O5S2/c11-7-5-3-1-2-4-6(5)8(12)10-9(7)15-17(13,14)16-10/h1-4H. The number of rotatable bonds is 0. The van der Waals surface area contributed by atoms with Crippen LogP contribution in [0.25, 0.3) is 0 Å². The number of hydrogen-bond donors (Lipinski definition) is 0. The van der Waals surface area contributed by atoms with Crippen molar-refractivity contribution < 1.29 is 22.2 Å². The van der Waals surface area contributed by atoms with E-state index in [4.69, 9.17) is 0 Å². The molecule has 0 unspecified atom stereocenters. The molecule has 1 aromatic rings. The second-order valence-corrected chi connectivity index (χ2v) is 6.72. The lowest BCUT2D eigenvalue weighted by atomic mass is 9.93. The number of carbonyl (C=O) groups excluding carboxylic acids is 2. The van der Waals surface area contributed by atoms with E-state index in [0.717, 1.165) is 0 Å². The van der Waals surface area contributed by atoms with Gasteiger partial charge in [0, 0.05) is 11.1 Å². The van der Waals surface area contributed by atoms with Crippen LogP contribution in [0.3, 0.4) is 0 Å². The third kappa shape index (κ3) is 1.43. The van der Waals surface area contributed by atoms with Crippen molar-refractivity contribution in [3.8, 4) is 0 Å². The van der Waals surface area contributed by atoms with Crippen LogP contribution in [0.4, 0.5) is 0 Å². The summed E-state index contributed by atoms with van der Waals surface area (Å²) in [6, 6.07) is 6.18. The first-order chi connectivity index (χ1) is 7.99. The average Bonchev–Trinajstić information content (AvgIpc) is 2.63. The molecule has 17 heavy (non-hydrogen) atoms. The number of benzene rings is 1. The zero-order valence-corrected chi connectivity index (χ0v) is 9.80. The van der Waals surface area contributed by atoms with Gasteiger partial charge in [-0.3, -0.25) is 9.59 Å². The first kappa shape index (κ1) is 10.5. The zero-order chi connectivity index (χ0) is 12.2. The maximum Gasteiger partial charge on any atom is 0.371 e. The summed E-state index contributed by atoms with van der Waals surface area (Å²) in [5, 5.41) is 0. The molecule has 0 radical (unpaired) electrons. The lowest BCUT2D eigenvalue weighted by molar-refractivity contribution is 0.0949. The molecule has 0 bridgehead atoms. The molecule has 0 saturated carbocycles. The van der Waals surface area contributed by atoms with Crippen LogP contribution >= 0.6 is 10.8 Å². The molecular weight excluding hydrogens is 264 g/mol. The summed E-state index contributed by atoms with van der Waals surface area (Å²) < 4.78 is 27.0. The Morgan fingerprint density at radius 2 is 1.59 bits per heavy atom. The summed E-state index contributed by atoms with van der Waals surface area (Å²) in [5.74, 6) is -1.43. The highest BCUT2D eigenvalue weighted by Crippen LogP contribution is 2.43. The van der Waals surface area contributed by atoms with E-state index < -0.39 is 20.7 Å². The molecule has 3 rings (SSSR count). The second-order valence-electron chi connectivity index (χ2n) is 3.44. The zero-order valence-electron chi connectivity index (χ0n) is 8.17. The first-order valence-corrected chi connectivity index (χ1v) is 7.30. The van der Waals surface area contributed by atoms with Gasteiger partial charge in [-0.25, -0.2) is 0 Å². The van der Waals surface area contributed by atoms with Crippen molar-refractivity contribution in [2.24, 2.45) is 0 Å². The first-order valence-electron chi connectivity index (χ1n) is 4.56. The van der Waals surface area contributed by atoms with Crippen molar-refractivity contribution in [2.45, 2.75) is 0 Å². The summed E-state index contributed by atoms with van der Waals surface area (Å²) >= 11 is 0. The topological polar surface area (TPSA) is 77.5 Å². The van der Waals surface area contributed by atoms with E-state index in [-0.39, 0.29) is 32.6 Å². The molecule has 1 heterocycles. The SMILES string of the molecule is O=C1C2=C(SS(=O)(=O)O2)C(=O)c2ccccc21. The van der Waals surface area contributed by atoms with Crippen LogP contribution in [0.2, 0.25) is 0 Å². The van der Waals surface area contributed by atoms with Crippen LogP contribution in [0.1, 0.15) is 20.7 Å². The van der Waals surface area contributed by atoms with Gasteiger partial charge in [0.1, 0.15) is 4.91 Å². The Kier molecular flexibility index (Phi) is 1.99. The van der Waals surface area contributed by atoms with Gasteiger partial charge in [0.15, 0.2) is 0 Å². The Labute approximate surface area is 100.0 Å². The van der Waals surface area contributed by atoms with Crippen LogP contribution in [0.5, 0.6) is 0 Å². The fraction of sp³-hybridized carbons (Fsp3) is 0. The average molecular weight is 268 g/mol. The Hall–Kier alpha value is -1.60. The predicted octanol–water partition coefficient (Wildman–Crippen LogP) is 1.29. The summed E-state index contributed by atoms with van der Waals surface area (Å²) in [6.45, 7) is 0. The molecule has 1 aliphatic heterocycles. The van der Waals surface area contributed by atoms with E-state index in [2.05, 4.69) is 4.18 Å². The van der Waals surface area contributed by atoms with Crippen molar-refractivity contribution in [1.82, 2.24) is 0 Å². The summed E-state index contributed by atoms with van der Waals surface area (Å²) in [6.07, 6.45) is 0. The quantitative estimate of drug-likeness (QED) is 0.660. The van der Waals surface area contributed by atoms with Crippen molar-refractivity contribution in [3.05, 3.63) is 46.1 Å². The van der Waals surface area contributed by atoms with Crippen molar-refractivity contribution in [2.75, 3.05) is 0 Å². The van der Waals surface area contributed by atoms with Gasteiger partial charge in [0.2, 0.25) is 17.3 Å². The smallest absolute Gasteiger partial charge is 0.369 e. The summed E-state index contributed by atoms with van der Waals surface area (Å²) in [5.41, 5.74) is 0.387. The molecule has 0 aromatic heterocycles. The van der Waals surface area contributed by atoms with Crippen LogP contribution in [0.15, 0.2) is 34.9 Å². The molecular formula is C10H4O5S2. The Bertz CT molecular complexity index is 646. The number of hydrogen-bond acceptors (Lipinski definition) is 6. The minimum atomic E-state index is -3.91. The maximum atomic E-state index is 12.0. The molecule has 5 nitrogen and oxygen atoms in total. The molecule has 1 aromatic carbocycles. The van der Waals surface area contributed by atoms with E-state index in [9.17, 15) is 18.0 Å². The number of allylic oxidation sites excluding steroid dienone is 2. The van der Waals surface area contributed by atoms with E-state index in [1.165, 1.54) is 12.1 Å². The van der Waals surface area contributed by atoms with Gasteiger partial charge < -0.3 is 4.18 Å². The Balaban J connectivity index is 2.24. The molecule has 0 atom stereocenters. The molecule has 0 saturated heterocycles. The van der Waals surface area contributed by atoms with Gasteiger partial charge in [0.05, 0.1) is 10.8 Å². The molecule has 7 heteroatoms. The van der Waals surface area contributed by atoms with Crippen LogP contribution in [-0.2, 0) is 13.3 Å². The van der Waals surface area contributed by atoms with Gasteiger partial charge in [-0.15, -0.1) is 0 Å². The number of Topliss-reactive ketones (excluding diaryl/α,β-unsaturated/α-hetero) is 2. The molecule has 86 valence electrons. The van der Waals surface area contributed by atoms with Crippen LogP contribution in [-0.4, -0.2) is 20.0 Å². The monoisotopic (exact) mass is 268 g/mol. The third-order valence-corrected chi connectivity index (χ3v) is 4.83. The van der Waals surface area contributed by atoms with Crippen molar-refractivity contribution in [3.63, 3.8) is 0 Å². The summed E-state index contributed by atoms with van der Waals surface area (Å²) in [4.78, 5) is 23.7.